The van der Waals surface area contributed by atoms with E-state index in [4.69, 9.17) is 4.74 Å². The number of aliphatic carboxylic acids is 1. The number of carbonyl (C=O) groups is 4. The molecule has 2 N–H and O–H groups in total. The highest BCUT2D eigenvalue weighted by molar-refractivity contribution is 8.00. The lowest BCUT2D eigenvalue weighted by molar-refractivity contribution is -0.150. The van der Waals surface area contributed by atoms with Crippen molar-refractivity contribution in [2.24, 2.45) is 0 Å². The highest BCUT2D eigenvalue weighted by Crippen LogP contribution is 2.50. The van der Waals surface area contributed by atoms with Gasteiger partial charge in [-0.05, 0) is 42.0 Å². The standard InChI is InChI=1S/C33H33N5O6S2/c1-35(2)21-10-12-23-25(15-21)46-26-16-22(36(3)4)11-13-24(26)37(23)33(43)44-17-20-18-45-31-28(30(40)38(31)29(20)32(41)42)34-27(39)14-19-8-6-5-7-9-19/h5-13,15-16,28,31H,14,17-18H2,1-4H3,(H,34,39)(H,41,42)/t28-,31-/m0/s1. The normalized spacial score (nSPS) is 18.1. The molecule has 6 rings (SSSR count). The zero-order valence-corrected chi connectivity index (χ0v) is 27.4. The smallest absolute Gasteiger partial charge is 0.419 e. The average molecular weight is 660 g/mol. The quantitative estimate of drug-likeness (QED) is 0.334. The van der Waals surface area contributed by atoms with Crippen molar-refractivity contribution in [2.45, 2.75) is 27.6 Å². The van der Waals surface area contributed by atoms with Crippen LogP contribution in [0.5, 0.6) is 0 Å². The molecule has 2 atom stereocenters. The Morgan fingerprint density at radius 2 is 1.54 bits per heavy atom. The SMILES string of the molecule is CN(C)c1ccc2c(c1)Sc1cc(N(C)C)ccc1N2C(=O)OCC1=C(C(=O)O)N2C(=O)[C@H](NC(=O)Cc3ccccc3)[C@@H]2SC1. The van der Waals surface area contributed by atoms with Crippen LogP contribution in [0.1, 0.15) is 5.56 Å². The molecule has 1 fully saturated rings. The van der Waals surface area contributed by atoms with Gasteiger partial charge >= 0.3 is 12.1 Å². The van der Waals surface area contributed by atoms with Crippen LogP contribution in [-0.2, 0) is 25.5 Å². The molecule has 3 amide bonds. The van der Waals surface area contributed by atoms with Gasteiger partial charge in [-0.2, -0.15) is 0 Å². The summed E-state index contributed by atoms with van der Waals surface area (Å²) in [7, 11) is 7.79. The van der Waals surface area contributed by atoms with E-state index in [2.05, 4.69) is 5.32 Å². The Balaban J connectivity index is 1.21. The van der Waals surface area contributed by atoms with Crippen molar-refractivity contribution >= 4 is 70.2 Å². The zero-order chi connectivity index (χ0) is 32.7. The van der Waals surface area contributed by atoms with Crippen molar-refractivity contribution in [2.75, 3.05) is 55.3 Å². The summed E-state index contributed by atoms with van der Waals surface area (Å²) in [6.07, 6.45) is -0.553. The fourth-order valence-electron chi connectivity index (χ4n) is 5.55. The van der Waals surface area contributed by atoms with Crippen LogP contribution in [0.15, 0.2) is 87.8 Å². The minimum absolute atomic E-state index is 0.110. The number of nitrogens with one attached hydrogen (secondary N) is 1. The van der Waals surface area contributed by atoms with Gasteiger partial charge in [-0.15, -0.1) is 11.8 Å². The van der Waals surface area contributed by atoms with Crippen LogP contribution in [0.2, 0.25) is 0 Å². The van der Waals surface area contributed by atoms with E-state index in [0.717, 1.165) is 26.7 Å². The van der Waals surface area contributed by atoms with Crippen molar-refractivity contribution in [1.29, 1.82) is 0 Å². The molecule has 0 aliphatic carbocycles. The third kappa shape index (κ3) is 5.87. The molecule has 0 spiro atoms. The summed E-state index contributed by atoms with van der Waals surface area (Å²) in [6, 6.07) is 19.9. The monoisotopic (exact) mass is 659 g/mol. The van der Waals surface area contributed by atoms with Crippen LogP contribution in [0.25, 0.3) is 0 Å². The third-order valence-electron chi connectivity index (χ3n) is 7.95. The van der Waals surface area contributed by atoms with Gasteiger partial charge in [0, 0.05) is 60.7 Å². The first-order chi connectivity index (χ1) is 22.0. The number of carbonyl (C=O) groups excluding carboxylic acids is 3. The summed E-state index contributed by atoms with van der Waals surface area (Å²) in [4.78, 5) is 60.4. The maximum atomic E-state index is 13.8. The molecule has 3 aromatic rings. The van der Waals surface area contributed by atoms with Crippen molar-refractivity contribution in [1.82, 2.24) is 10.2 Å². The van der Waals surface area contributed by atoms with Gasteiger partial charge in [0.25, 0.3) is 5.91 Å². The van der Waals surface area contributed by atoms with Crippen LogP contribution in [0, 0.1) is 0 Å². The molecule has 3 aromatic carbocycles. The molecule has 3 aliphatic heterocycles. The molecule has 0 radical (unpaired) electrons. The number of anilines is 4. The number of amides is 3. The van der Waals surface area contributed by atoms with Crippen LogP contribution >= 0.6 is 23.5 Å². The molecule has 1 saturated heterocycles. The van der Waals surface area contributed by atoms with Gasteiger partial charge in [0.15, 0.2) is 0 Å². The molecular weight excluding hydrogens is 627 g/mol. The number of hydrogen-bond donors (Lipinski definition) is 2. The fourth-order valence-corrected chi connectivity index (χ4v) is 8.00. The first-order valence-corrected chi connectivity index (χ1v) is 16.4. The predicted molar refractivity (Wildman–Crippen MR) is 179 cm³/mol. The number of thioether (sulfide) groups is 1. The second-order valence-electron chi connectivity index (χ2n) is 11.5. The van der Waals surface area contributed by atoms with Crippen molar-refractivity contribution in [3.8, 4) is 0 Å². The fraction of sp³-hybridized carbons (Fsp3) is 0.273. The number of ether oxygens (including phenoxy) is 1. The Morgan fingerprint density at radius 1 is 0.935 bits per heavy atom. The number of benzene rings is 3. The van der Waals surface area contributed by atoms with Gasteiger partial charge < -0.3 is 25.0 Å². The topological polar surface area (TPSA) is 123 Å². The molecular formula is C33H33N5O6S2. The summed E-state index contributed by atoms with van der Waals surface area (Å²) >= 11 is 2.89. The maximum absolute atomic E-state index is 13.8. The number of fused-ring (bicyclic) bond motifs is 3. The summed E-state index contributed by atoms with van der Waals surface area (Å²) in [5.74, 6) is -1.91. The first-order valence-electron chi connectivity index (χ1n) is 14.5. The Hall–Kier alpha value is -4.62. The maximum Gasteiger partial charge on any atom is 0.419 e. The van der Waals surface area contributed by atoms with Gasteiger partial charge in [0.2, 0.25) is 5.91 Å². The van der Waals surface area contributed by atoms with Gasteiger partial charge in [0.05, 0.1) is 17.8 Å². The molecule has 11 nitrogen and oxygen atoms in total. The number of carboxylic acids is 1. The minimum atomic E-state index is -1.30. The largest absolute Gasteiger partial charge is 0.477 e. The lowest BCUT2D eigenvalue weighted by atomic mass is 10.0. The van der Waals surface area contributed by atoms with E-state index in [0.29, 0.717) is 16.9 Å². The molecule has 46 heavy (non-hydrogen) atoms. The highest BCUT2D eigenvalue weighted by atomic mass is 32.2. The molecule has 13 heteroatoms. The molecule has 238 valence electrons. The van der Waals surface area contributed by atoms with E-state index < -0.39 is 29.4 Å². The Morgan fingerprint density at radius 3 is 2.11 bits per heavy atom. The Kier molecular flexibility index (Phi) is 8.62. The minimum Gasteiger partial charge on any atom is -0.477 e. The van der Waals surface area contributed by atoms with Gasteiger partial charge in [-0.1, -0.05) is 42.1 Å². The van der Waals surface area contributed by atoms with E-state index in [-0.39, 0.29) is 30.4 Å². The summed E-state index contributed by atoms with van der Waals surface area (Å²) in [5, 5.41) is 12.3. The lowest BCUT2D eigenvalue weighted by Crippen LogP contribution is -2.70. The number of β-lactam (4-membered cyclic amide) rings is 1. The van der Waals surface area contributed by atoms with E-state index in [1.807, 2.05) is 105 Å². The second-order valence-corrected chi connectivity index (χ2v) is 13.6. The number of carboxylic acid groups (broad SMARTS) is 1. The molecule has 3 aliphatic rings. The van der Waals surface area contributed by atoms with Crippen molar-refractivity contribution in [3.63, 3.8) is 0 Å². The third-order valence-corrected chi connectivity index (χ3v) is 10.4. The second kappa shape index (κ2) is 12.6. The van der Waals surface area contributed by atoms with Crippen LogP contribution in [0.3, 0.4) is 0 Å². The van der Waals surface area contributed by atoms with Crippen LogP contribution in [0.4, 0.5) is 27.5 Å². The first kappa shape index (κ1) is 31.4. The van der Waals surface area contributed by atoms with Gasteiger partial charge in [-0.3, -0.25) is 14.5 Å². The van der Waals surface area contributed by atoms with Gasteiger partial charge in [-0.25, -0.2) is 14.5 Å². The summed E-state index contributed by atoms with van der Waals surface area (Å²) in [6.45, 7) is -0.311. The summed E-state index contributed by atoms with van der Waals surface area (Å²) < 4.78 is 5.79. The van der Waals surface area contributed by atoms with E-state index in [1.165, 1.54) is 21.6 Å². The van der Waals surface area contributed by atoms with Crippen molar-refractivity contribution in [3.05, 3.63) is 83.6 Å². The molecule has 0 aromatic heterocycles. The Bertz CT molecular complexity index is 1700. The van der Waals surface area contributed by atoms with E-state index in [9.17, 15) is 24.3 Å². The lowest BCUT2D eigenvalue weighted by Gasteiger charge is -2.49. The van der Waals surface area contributed by atoms with Crippen LogP contribution < -0.4 is 20.0 Å². The number of nitrogens with zero attached hydrogens (tertiary/aromatic N) is 4. The summed E-state index contributed by atoms with van der Waals surface area (Å²) in [5.41, 5.74) is 4.17. The molecule has 3 heterocycles. The molecule has 0 saturated carbocycles. The van der Waals surface area contributed by atoms with E-state index >= 15 is 0 Å². The van der Waals surface area contributed by atoms with Gasteiger partial charge in [0.1, 0.15) is 23.7 Å². The van der Waals surface area contributed by atoms with E-state index in [1.54, 1.807) is 11.8 Å². The average Bonchev–Trinajstić information content (AvgIpc) is 3.04. The predicted octanol–water partition coefficient (Wildman–Crippen LogP) is 4.54. The molecule has 0 unspecified atom stereocenters. The van der Waals surface area contributed by atoms with Crippen molar-refractivity contribution < 1.29 is 29.0 Å². The molecule has 0 bridgehead atoms. The zero-order valence-electron chi connectivity index (χ0n) is 25.7. The van der Waals surface area contributed by atoms with Crippen LogP contribution in [-0.4, -0.2) is 85.8 Å². The highest BCUT2D eigenvalue weighted by Gasteiger charge is 2.54. The number of rotatable bonds is 8. The number of hydrogen-bond acceptors (Lipinski definition) is 9. The Labute approximate surface area is 275 Å².